The molecule has 15 heavy (non-hydrogen) atoms. The van der Waals surface area contributed by atoms with Crippen LogP contribution in [-0.2, 0) is 4.79 Å². The average molecular weight is 228 g/mol. The second-order valence-corrected chi connectivity index (χ2v) is 3.41. The summed E-state index contributed by atoms with van der Waals surface area (Å²) in [5.41, 5.74) is 0.725. The standard InChI is InChI=1S/C11H11ClFNO/c1-8(15)14-6-2-3-9-4-5-10(13)7-11(9)12/h2-5,7H,6H2,1H3,(H,14,15). The van der Waals surface area contributed by atoms with Gasteiger partial charge in [0.1, 0.15) is 5.82 Å². The maximum atomic E-state index is 12.7. The molecule has 0 saturated carbocycles. The van der Waals surface area contributed by atoms with Crippen LogP contribution in [0, 0.1) is 5.82 Å². The van der Waals surface area contributed by atoms with E-state index < -0.39 is 0 Å². The Morgan fingerprint density at radius 2 is 2.33 bits per heavy atom. The van der Waals surface area contributed by atoms with Crippen molar-refractivity contribution in [3.8, 4) is 0 Å². The SMILES string of the molecule is CC(=O)NCC=Cc1ccc(F)cc1Cl. The Morgan fingerprint density at radius 1 is 1.60 bits per heavy atom. The molecular formula is C11H11ClFNO. The molecule has 80 valence electrons. The van der Waals surface area contributed by atoms with Gasteiger partial charge in [0.2, 0.25) is 5.91 Å². The number of hydrogen-bond acceptors (Lipinski definition) is 1. The fourth-order valence-electron chi connectivity index (χ4n) is 1.03. The van der Waals surface area contributed by atoms with Crippen LogP contribution in [0.5, 0.6) is 0 Å². The van der Waals surface area contributed by atoms with Gasteiger partial charge in [-0.1, -0.05) is 29.8 Å². The van der Waals surface area contributed by atoms with Crippen LogP contribution in [0.15, 0.2) is 24.3 Å². The second-order valence-electron chi connectivity index (χ2n) is 3.01. The molecule has 0 unspecified atom stereocenters. The van der Waals surface area contributed by atoms with Crippen LogP contribution in [0.3, 0.4) is 0 Å². The van der Waals surface area contributed by atoms with Crippen molar-refractivity contribution in [3.63, 3.8) is 0 Å². The van der Waals surface area contributed by atoms with Crippen LogP contribution in [0.2, 0.25) is 5.02 Å². The summed E-state index contributed by atoms with van der Waals surface area (Å²) in [6.07, 6.45) is 3.48. The van der Waals surface area contributed by atoms with Crippen molar-refractivity contribution in [3.05, 3.63) is 40.7 Å². The molecule has 0 heterocycles. The summed E-state index contributed by atoms with van der Waals surface area (Å²) in [5.74, 6) is -0.455. The number of carbonyl (C=O) groups is 1. The van der Waals surface area contributed by atoms with Crippen molar-refractivity contribution in [2.45, 2.75) is 6.92 Å². The minimum atomic E-state index is -0.362. The van der Waals surface area contributed by atoms with Crippen LogP contribution in [0.1, 0.15) is 12.5 Å². The smallest absolute Gasteiger partial charge is 0.217 e. The highest BCUT2D eigenvalue weighted by molar-refractivity contribution is 6.32. The monoisotopic (exact) mass is 227 g/mol. The van der Waals surface area contributed by atoms with E-state index in [1.165, 1.54) is 19.1 Å². The minimum absolute atomic E-state index is 0.0927. The van der Waals surface area contributed by atoms with Crippen molar-refractivity contribution < 1.29 is 9.18 Å². The lowest BCUT2D eigenvalue weighted by molar-refractivity contribution is -0.118. The maximum absolute atomic E-state index is 12.7. The van der Waals surface area contributed by atoms with E-state index in [2.05, 4.69) is 5.32 Å². The first-order valence-corrected chi connectivity index (χ1v) is 4.83. The Balaban J connectivity index is 2.60. The molecule has 1 rings (SSSR count). The van der Waals surface area contributed by atoms with E-state index in [1.54, 1.807) is 18.2 Å². The van der Waals surface area contributed by atoms with E-state index in [9.17, 15) is 9.18 Å². The third-order valence-electron chi connectivity index (χ3n) is 1.73. The predicted octanol–water partition coefficient (Wildman–Crippen LogP) is 2.63. The summed E-state index contributed by atoms with van der Waals surface area (Å²) < 4.78 is 12.7. The summed E-state index contributed by atoms with van der Waals surface area (Å²) in [6, 6.07) is 4.17. The molecule has 0 bridgehead atoms. The van der Waals surface area contributed by atoms with E-state index >= 15 is 0 Å². The number of hydrogen-bond donors (Lipinski definition) is 1. The van der Waals surface area contributed by atoms with Gasteiger partial charge in [-0.05, 0) is 17.7 Å². The summed E-state index contributed by atoms with van der Waals surface area (Å²) in [6.45, 7) is 1.88. The van der Waals surface area contributed by atoms with E-state index in [-0.39, 0.29) is 11.7 Å². The van der Waals surface area contributed by atoms with Gasteiger partial charge in [-0.15, -0.1) is 0 Å². The molecule has 0 atom stereocenters. The minimum Gasteiger partial charge on any atom is -0.353 e. The Morgan fingerprint density at radius 3 is 2.93 bits per heavy atom. The van der Waals surface area contributed by atoms with Gasteiger partial charge in [-0.25, -0.2) is 4.39 Å². The number of rotatable bonds is 3. The van der Waals surface area contributed by atoms with E-state index in [0.29, 0.717) is 11.6 Å². The molecule has 1 N–H and O–H groups in total. The largest absolute Gasteiger partial charge is 0.353 e. The van der Waals surface area contributed by atoms with Crippen molar-refractivity contribution in [2.24, 2.45) is 0 Å². The highest BCUT2D eigenvalue weighted by Crippen LogP contribution is 2.18. The lowest BCUT2D eigenvalue weighted by atomic mass is 10.2. The Kier molecular flexibility index (Phi) is 4.31. The zero-order valence-electron chi connectivity index (χ0n) is 8.26. The third kappa shape index (κ3) is 4.13. The number of benzene rings is 1. The van der Waals surface area contributed by atoms with Gasteiger partial charge in [-0.3, -0.25) is 4.79 Å². The van der Waals surface area contributed by atoms with Gasteiger partial charge < -0.3 is 5.32 Å². The zero-order valence-corrected chi connectivity index (χ0v) is 9.01. The van der Waals surface area contributed by atoms with E-state index in [4.69, 9.17) is 11.6 Å². The molecule has 0 aromatic heterocycles. The van der Waals surface area contributed by atoms with Crippen molar-refractivity contribution in [1.82, 2.24) is 5.32 Å². The molecule has 0 aliphatic heterocycles. The van der Waals surface area contributed by atoms with Crippen molar-refractivity contribution in [1.29, 1.82) is 0 Å². The highest BCUT2D eigenvalue weighted by atomic mass is 35.5. The molecule has 4 heteroatoms. The molecule has 0 saturated heterocycles. The molecule has 1 aromatic rings. The molecule has 0 aliphatic rings. The quantitative estimate of drug-likeness (QED) is 0.845. The molecule has 0 fully saturated rings. The van der Waals surface area contributed by atoms with Gasteiger partial charge in [0.15, 0.2) is 0 Å². The first-order valence-electron chi connectivity index (χ1n) is 4.45. The number of amides is 1. The number of carbonyl (C=O) groups excluding carboxylic acids is 1. The highest BCUT2D eigenvalue weighted by Gasteiger charge is 1.97. The first-order chi connectivity index (χ1) is 7.09. The van der Waals surface area contributed by atoms with Gasteiger partial charge in [0, 0.05) is 13.5 Å². The fourth-order valence-corrected chi connectivity index (χ4v) is 1.26. The van der Waals surface area contributed by atoms with Crippen LogP contribution >= 0.6 is 11.6 Å². The van der Waals surface area contributed by atoms with Crippen molar-refractivity contribution in [2.75, 3.05) is 6.54 Å². The number of nitrogens with one attached hydrogen (secondary N) is 1. The Hall–Kier alpha value is -1.35. The topological polar surface area (TPSA) is 29.1 Å². The maximum Gasteiger partial charge on any atom is 0.217 e. The third-order valence-corrected chi connectivity index (χ3v) is 2.06. The summed E-state index contributed by atoms with van der Waals surface area (Å²) >= 11 is 5.79. The zero-order chi connectivity index (χ0) is 11.3. The lowest BCUT2D eigenvalue weighted by Crippen LogP contribution is -2.19. The van der Waals surface area contributed by atoms with Gasteiger partial charge in [0.05, 0.1) is 5.02 Å². The summed E-state index contributed by atoms with van der Waals surface area (Å²) in [7, 11) is 0. The Labute approximate surface area is 92.7 Å². The van der Waals surface area contributed by atoms with Crippen LogP contribution in [-0.4, -0.2) is 12.5 Å². The van der Waals surface area contributed by atoms with E-state index in [1.807, 2.05) is 0 Å². The van der Waals surface area contributed by atoms with Gasteiger partial charge in [-0.2, -0.15) is 0 Å². The van der Waals surface area contributed by atoms with Crippen LogP contribution < -0.4 is 5.32 Å². The normalized spacial score (nSPS) is 10.6. The molecular weight excluding hydrogens is 217 g/mol. The van der Waals surface area contributed by atoms with E-state index in [0.717, 1.165) is 5.56 Å². The Bertz CT molecular complexity index is 390. The van der Waals surface area contributed by atoms with Crippen LogP contribution in [0.25, 0.3) is 6.08 Å². The molecule has 1 amide bonds. The molecule has 2 nitrogen and oxygen atoms in total. The lowest BCUT2D eigenvalue weighted by Gasteiger charge is -1.98. The van der Waals surface area contributed by atoms with Crippen LogP contribution in [0.4, 0.5) is 4.39 Å². The molecule has 1 aromatic carbocycles. The summed E-state index contributed by atoms with van der Waals surface area (Å²) in [5, 5.41) is 2.96. The molecule has 0 aliphatic carbocycles. The fraction of sp³-hybridized carbons (Fsp3) is 0.182. The second kappa shape index (κ2) is 5.51. The average Bonchev–Trinajstić information content (AvgIpc) is 2.14. The van der Waals surface area contributed by atoms with Gasteiger partial charge >= 0.3 is 0 Å². The van der Waals surface area contributed by atoms with Gasteiger partial charge in [0.25, 0.3) is 0 Å². The first kappa shape index (κ1) is 11.7. The van der Waals surface area contributed by atoms with Crippen molar-refractivity contribution >= 4 is 23.6 Å². The number of halogens is 2. The predicted molar refractivity (Wildman–Crippen MR) is 59.1 cm³/mol. The molecule has 0 radical (unpaired) electrons. The molecule has 0 spiro atoms. The summed E-state index contributed by atoms with van der Waals surface area (Å²) in [4.78, 5) is 10.5.